The number of para-hydroxylation sites is 1. The molecule has 0 aromatic heterocycles. The number of thioether (sulfide) groups is 1. The van der Waals surface area contributed by atoms with Gasteiger partial charge in [-0.15, -0.1) is 11.8 Å². The van der Waals surface area contributed by atoms with Gasteiger partial charge in [0, 0.05) is 16.5 Å². The molecule has 2 aromatic carbocycles. The minimum absolute atomic E-state index is 0.0262. The van der Waals surface area contributed by atoms with E-state index in [1.807, 2.05) is 55.5 Å². The van der Waals surface area contributed by atoms with Gasteiger partial charge in [0.25, 0.3) is 0 Å². The van der Waals surface area contributed by atoms with Gasteiger partial charge >= 0.3 is 0 Å². The molecule has 1 amide bonds. The first-order valence-corrected chi connectivity index (χ1v) is 7.86. The summed E-state index contributed by atoms with van der Waals surface area (Å²) in [6.07, 6.45) is 0. The third-order valence-corrected chi connectivity index (χ3v) is 4.09. The molecule has 0 saturated heterocycles. The monoisotopic (exact) mass is 305 g/mol. The highest BCUT2D eigenvalue weighted by atomic mass is 35.5. The van der Waals surface area contributed by atoms with E-state index in [1.165, 1.54) is 5.56 Å². The van der Waals surface area contributed by atoms with E-state index >= 15 is 0 Å². The van der Waals surface area contributed by atoms with E-state index in [0.29, 0.717) is 5.75 Å². The fraction of sp³-hybridized carbons (Fsp3) is 0.188. The van der Waals surface area contributed by atoms with E-state index in [0.717, 1.165) is 22.0 Å². The van der Waals surface area contributed by atoms with Crippen LogP contribution in [0.2, 0.25) is 5.02 Å². The highest BCUT2D eigenvalue weighted by Gasteiger charge is 2.04. The first-order chi connectivity index (χ1) is 9.65. The molecule has 2 rings (SSSR count). The molecule has 0 radical (unpaired) electrons. The van der Waals surface area contributed by atoms with Gasteiger partial charge < -0.3 is 5.32 Å². The summed E-state index contributed by atoms with van der Waals surface area (Å²) in [7, 11) is 0. The molecule has 0 spiro atoms. The Balaban J connectivity index is 1.78. The van der Waals surface area contributed by atoms with Gasteiger partial charge in [-0.05, 0) is 36.2 Å². The normalized spacial score (nSPS) is 10.3. The van der Waals surface area contributed by atoms with Gasteiger partial charge in [-0.1, -0.05) is 41.9 Å². The summed E-state index contributed by atoms with van der Waals surface area (Å²) in [6.45, 7) is 1.98. The van der Waals surface area contributed by atoms with Gasteiger partial charge in [-0.2, -0.15) is 0 Å². The number of halogens is 1. The Bertz CT molecular complexity index is 583. The molecule has 4 heteroatoms. The zero-order valence-electron chi connectivity index (χ0n) is 11.2. The van der Waals surface area contributed by atoms with Crippen molar-refractivity contribution in [3.05, 3.63) is 64.7 Å². The molecule has 0 heterocycles. The summed E-state index contributed by atoms with van der Waals surface area (Å²) in [5.41, 5.74) is 3.12. The second-order valence-electron chi connectivity index (χ2n) is 4.48. The van der Waals surface area contributed by atoms with Crippen LogP contribution in [-0.2, 0) is 10.5 Å². The largest absolute Gasteiger partial charge is 0.325 e. The smallest absolute Gasteiger partial charge is 0.234 e. The highest BCUT2D eigenvalue weighted by Crippen LogP contribution is 2.17. The molecular weight excluding hydrogens is 290 g/mol. The number of amides is 1. The van der Waals surface area contributed by atoms with Crippen LogP contribution in [0, 0.1) is 6.92 Å². The van der Waals surface area contributed by atoms with E-state index in [1.54, 1.807) is 11.8 Å². The lowest BCUT2D eigenvalue weighted by Gasteiger charge is -2.07. The van der Waals surface area contributed by atoms with Crippen LogP contribution >= 0.6 is 23.4 Å². The summed E-state index contributed by atoms with van der Waals surface area (Å²) in [5.74, 6) is 1.27. The van der Waals surface area contributed by atoms with Crippen molar-refractivity contribution < 1.29 is 4.79 Å². The Hall–Kier alpha value is -1.45. The van der Waals surface area contributed by atoms with Crippen molar-refractivity contribution in [3.63, 3.8) is 0 Å². The van der Waals surface area contributed by atoms with Crippen LogP contribution in [0.25, 0.3) is 0 Å². The molecule has 0 fully saturated rings. The van der Waals surface area contributed by atoms with Gasteiger partial charge in [0.15, 0.2) is 0 Å². The molecule has 0 saturated carbocycles. The van der Waals surface area contributed by atoms with Crippen LogP contribution in [0.3, 0.4) is 0 Å². The van der Waals surface area contributed by atoms with E-state index in [-0.39, 0.29) is 5.91 Å². The molecule has 0 aliphatic heterocycles. The number of benzene rings is 2. The molecule has 0 bridgehead atoms. The topological polar surface area (TPSA) is 29.1 Å². The number of carbonyl (C=O) groups excluding carboxylic acids is 1. The number of carbonyl (C=O) groups is 1. The molecule has 1 N–H and O–H groups in total. The predicted octanol–water partition coefficient (Wildman–Crippen LogP) is 4.52. The lowest BCUT2D eigenvalue weighted by atomic mass is 10.2. The van der Waals surface area contributed by atoms with E-state index in [9.17, 15) is 4.79 Å². The fourth-order valence-electron chi connectivity index (χ4n) is 1.74. The number of rotatable bonds is 5. The SMILES string of the molecule is Cc1ccccc1NC(=O)CSCc1ccc(Cl)cc1. The van der Waals surface area contributed by atoms with Crippen LogP contribution in [0.15, 0.2) is 48.5 Å². The Kier molecular flexibility index (Phi) is 5.50. The molecule has 2 aromatic rings. The van der Waals surface area contributed by atoms with Crippen molar-refractivity contribution in [2.45, 2.75) is 12.7 Å². The van der Waals surface area contributed by atoms with Gasteiger partial charge in [0.1, 0.15) is 0 Å². The molecule has 20 heavy (non-hydrogen) atoms. The first kappa shape index (κ1) is 14.9. The minimum atomic E-state index is 0.0262. The lowest BCUT2D eigenvalue weighted by molar-refractivity contribution is -0.113. The summed E-state index contributed by atoms with van der Waals surface area (Å²) in [4.78, 5) is 11.9. The summed E-state index contributed by atoms with van der Waals surface area (Å²) in [6, 6.07) is 15.5. The van der Waals surface area contributed by atoms with Gasteiger partial charge in [-0.3, -0.25) is 4.79 Å². The standard InChI is InChI=1S/C16H16ClNOS/c1-12-4-2-3-5-15(12)18-16(19)11-20-10-13-6-8-14(17)9-7-13/h2-9H,10-11H2,1H3,(H,18,19). The number of nitrogens with one attached hydrogen (secondary N) is 1. The molecule has 0 aliphatic rings. The number of hydrogen-bond acceptors (Lipinski definition) is 2. The van der Waals surface area contributed by atoms with Crippen molar-refractivity contribution in [3.8, 4) is 0 Å². The van der Waals surface area contributed by atoms with E-state index in [2.05, 4.69) is 5.32 Å². The summed E-state index contributed by atoms with van der Waals surface area (Å²) in [5, 5.41) is 3.66. The second kappa shape index (κ2) is 7.36. The van der Waals surface area contributed by atoms with Gasteiger partial charge in [0.05, 0.1) is 5.75 Å². The molecular formula is C16H16ClNOS. The zero-order chi connectivity index (χ0) is 14.4. The van der Waals surface area contributed by atoms with Crippen LogP contribution in [0.4, 0.5) is 5.69 Å². The number of aryl methyl sites for hydroxylation is 1. The van der Waals surface area contributed by atoms with Crippen LogP contribution in [-0.4, -0.2) is 11.7 Å². The third-order valence-electron chi connectivity index (χ3n) is 2.83. The Morgan fingerprint density at radius 1 is 1.15 bits per heavy atom. The fourth-order valence-corrected chi connectivity index (χ4v) is 2.66. The van der Waals surface area contributed by atoms with Crippen molar-refractivity contribution in [2.75, 3.05) is 11.1 Å². The average molecular weight is 306 g/mol. The quantitative estimate of drug-likeness (QED) is 0.880. The second-order valence-corrected chi connectivity index (χ2v) is 5.90. The zero-order valence-corrected chi connectivity index (χ0v) is 12.8. The van der Waals surface area contributed by atoms with Crippen molar-refractivity contribution >= 4 is 35.0 Å². The van der Waals surface area contributed by atoms with Gasteiger partial charge in [-0.25, -0.2) is 0 Å². The van der Waals surface area contributed by atoms with Crippen LogP contribution in [0.5, 0.6) is 0 Å². The Labute approximate surface area is 128 Å². The maximum absolute atomic E-state index is 11.9. The van der Waals surface area contributed by atoms with Crippen molar-refractivity contribution in [1.29, 1.82) is 0 Å². The highest BCUT2D eigenvalue weighted by molar-refractivity contribution is 7.99. The molecule has 0 unspecified atom stereocenters. The third kappa shape index (κ3) is 4.58. The molecule has 104 valence electrons. The van der Waals surface area contributed by atoms with Crippen LogP contribution in [0.1, 0.15) is 11.1 Å². The first-order valence-electron chi connectivity index (χ1n) is 6.33. The van der Waals surface area contributed by atoms with E-state index in [4.69, 9.17) is 11.6 Å². The Morgan fingerprint density at radius 3 is 2.55 bits per heavy atom. The number of hydrogen-bond donors (Lipinski definition) is 1. The lowest BCUT2D eigenvalue weighted by Crippen LogP contribution is -2.14. The van der Waals surface area contributed by atoms with E-state index < -0.39 is 0 Å². The maximum atomic E-state index is 11.9. The van der Waals surface area contributed by atoms with Crippen molar-refractivity contribution in [1.82, 2.24) is 0 Å². The molecule has 0 atom stereocenters. The Morgan fingerprint density at radius 2 is 1.85 bits per heavy atom. The minimum Gasteiger partial charge on any atom is -0.325 e. The van der Waals surface area contributed by atoms with Crippen molar-refractivity contribution in [2.24, 2.45) is 0 Å². The average Bonchev–Trinajstić information content (AvgIpc) is 2.44. The predicted molar refractivity (Wildman–Crippen MR) is 87.4 cm³/mol. The van der Waals surface area contributed by atoms with Gasteiger partial charge in [0.2, 0.25) is 5.91 Å². The van der Waals surface area contributed by atoms with Crippen LogP contribution < -0.4 is 5.32 Å². The molecule has 0 aliphatic carbocycles. The summed E-state index contributed by atoms with van der Waals surface area (Å²) < 4.78 is 0. The molecule has 2 nitrogen and oxygen atoms in total. The number of anilines is 1. The maximum Gasteiger partial charge on any atom is 0.234 e. The summed E-state index contributed by atoms with van der Waals surface area (Å²) >= 11 is 7.42.